The molecule has 0 spiro atoms. The lowest BCUT2D eigenvalue weighted by molar-refractivity contribution is 0.858. The van der Waals surface area contributed by atoms with Crippen molar-refractivity contribution in [3.05, 3.63) is 60.6 Å². The molecule has 1 aromatic carbocycles. The molecule has 4 heteroatoms. The second kappa shape index (κ2) is 3.68. The molecule has 0 aliphatic heterocycles. The molecule has 0 saturated heterocycles. The SMILES string of the molecule is Cc1c(-n2cc3ccccc3n2)nc2ccccn12. The molecule has 4 rings (SSSR count). The van der Waals surface area contributed by atoms with Gasteiger partial charge in [-0.2, -0.15) is 5.10 Å². The van der Waals surface area contributed by atoms with E-state index in [1.807, 2.05) is 53.5 Å². The highest BCUT2D eigenvalue weighted by molar-refractivity contribution is 5.78. The Balaban J connectivity index is 2.01. The van der Waals surface area contributed by atoms with Gasteiger partial charge >= 0.3 is 0 Å². The topological polar surface area (TPSA) is 35.1 Å². The molecule has 0 bridgehead atoms. The van der Waals surface area contributed by atoms with Gasteiger partial charge in [-0.05, 0) is 25.1 Å². The molecule has 3 aromatic heterocycles. The number of nitrogens with zero attached hydrogens (tertiary/aromatic N) is 4. The first-order chi connectivity index (χ1) is 9.33. The van der Waals surface area contributed by atoms with Crippen molar-refractivity contribution in [3.63, 3.8) is 0 Å². The van der Waals surface area contributed by atoms with Crippen LogP contribution in [0.15, 0.2) is 54.9 Å². The number of hydrogen-bond donors (Lipinski definition) is 0. The van der Waals surface area contributed by atoms with Gasteiger partial charge in [0.25, 0.3) is 0 Å². The number of benzene rings is 1. The Bertz CT molecular complexity index is 852. The minimum Gasteiger partial charge on any atom is -0.302 e. The predicted octanol–water partition coefficient (Wildman–Crippen LogP) is 2.98. The molecule has 19 heavy (non-hydrogen) atoms. The summed E-state index contributed by atoms with van der Waals surface area (Å²) in [5.74, 6) is 0.877. The Labute approximate surface area is 109 Å². The minimum absolute atomic E-state index is 0.877. The predicted molar refractivity (Wildman–Crippen MR) is 74.6 cm³/mol. The van der Waals surface area contributed by atoms with Gasteiger partial charge in [0.1, 0.15) is 5.65 Å². The van der Waals surface area contributed by atoms with Gasteiger partial charge in [0.2, 0.25) is 0 Å². The summed E-state index contributed by atoms with van der Waals surface area (Å²) in [5.41, 5.74) is 3.01. The Hall–Kier alpha value is -2.62. The van der Waals surface area contributed by atoms with Crippen molar-refractivity contribution in [2.24, 2.45) is 0 Å². The number of fused-ring (bicyclic) bond motifs is 2. The first kappa shape index (κ1) is 10.3. The Morgan fingerprint density at radius 3 is 2.68 bits per heavy atom. The third kappa shape index (κ3) is 1.46. The molecule has 0 aliphatic rings. The maximum atomic E-state index is 4.64. The van der Waals surface area contributed by atoms with Gasteiger partial charge in [-0.1, -0.05) is 24.3 Å². The van der Waals surface area contributed by atoms with Gasteiger partial charge in [-0.25, -0.2) is 9.67 Å². The molecular formula is C15H12N4. The van der Waals surface area contributed by atoms with E-state index in [-0.39, 0.29) is 0 Å². The molecule has 0 amide bonds. The molecule has 0 fully saturated rings. The minimum atomic E-state index is 0.877. The molecule has 0 radical (unpaired) electrons. The lowest BCUT2D eigenvalue weighted by Gasteiger charge is -1.97. The zero-order chi connectivity index (χ0) is 12.8. The number of aromatic nitrogens is 4. The van der Waals surface area contributed by atoms with E-state index >= 15 is 0 Å². The van der Waals surface area contributed by atoms with Crippen LogP contribution in [-0.4, -0.2) is 19.2 Å². The third-order valence-electron chi connectivity index (χ3n) is 3.37. The highest BCUT2D eigenvalue weighted by Gasteiger charge is 2.11. The molecular weight excluding hydrogens is 236 g/mol. The van der Waals surface area contributed by atoms with Crippen LogP contribution in [0, 0.1) is 6.92 Å². The van der Waals surface area contributed by atoms with E-state index in [2.05, 4.69) is 27.5 Å². The smallest absolute Gasteiger partial charge is 0.175 e. The molecule has 0 aliphatic carbocycles. The van der Waals surface area contributed by atoms with E-state index in [9.17, 15) is 0 Å². The molecule has 0 unspecified atom stereocenters. The lowest BCUT2D eigenvalue weighted by atomic mass is 10.3. The standard InChI is InChI=1S/C15H12N4/c1-11-15(16-14-8-4-5-9-18(11)14)19-10-12-6-2-3-7-13(12)17-19/h2-10H,1H3. The van der Waals surface area contributed by atoms with Gasteiger partial charge in [-0.15, -0.1) is 0 Å². The average Bonchev–Trinajstić information content (AvgIpc) is 3.00. The summed E-state index contributed by atoms with van der Waals surface area (Å²) in [6.45, 7) is 2.06. The average molecular weight is 248 g/mol. The lowest BCUT2D eigenvalue weighted by Crippen LogP contribution is -1.97. The molecule has 0 saturated carbocycles. The van der Waals surface area contributed by atoms with Crippen LogP contribution in [0.1, 0.15) is 5.69 Å². The number of imidazole rings is 1. The van der Waals surface area contributed by atoms with Gasteiger partial charge in [0.05, 0.1) is 11.2 Å². The molecule has 3 heterocycles. The van der Waals surface area contributed by atoms with Crippen LogP contribution in [0.4, 0.5) is 0 Å². The summed E-state index contributed by atoms with van der Waals surface area (Å²) in [7, 11) is 0. The Morgan fingerprint density at radius 1 is 1.00 bits per heavy atom. The normalized spacial score (nSPS) is 11.4. The summed E-state index contributed by atoms with van der Waals surface area (Å²) >= 11 is 0. The van der Waals surface area contributed by atoms with Crippen LogP contribution in [0.25, 0.3) is 22.4 Å². The fourth-order valence-electron chi connectivity index (χ4n) is 2.40. The highest BCUT2D eigenvalue weighted by Crippen LogP contribution is 2.18. The molecule has 4 aromatic rings. The summed E-state index contributed by atoms with van der Waals surface area (Å²) in [5, 5.41) is 5.70. The molecule has 92 valence electrons. The van der Waals surface area contributed by atoms with Crippen molar-refractivity contribution >= 4 is 16.6 Å². The fourth-order valence-corrected chi connectivity index (χ4v) is 2.40. The first-order valence-electron chi connectivity index (χ1n) is 6.21. The monoisotopic (exact) mass is 248 g/mol. The number of pyridine rings is 1. The maximum Gasteiger partial charge on any atom is 0.175 e. The van der Waals surface area contributed by atoms with Crippen LogP contribution < -0.4 is 0 Å². The van der Waals surface area contributed by atoms with Crippen molar-refractivity contribution in [1.29, 1.82) is 0 Å². The van der Waals surface area contributed by atoms with Crippen molar-refractivity contribution < 1.29 is 0 Å². The van der Waals surface area contributed by atoms with Crippen molar-refractivity contribution in [2.75, 3.05) is 0 Å². The third-order valence-corrected chi connectivity index (χ3v) is 3.37. The zero-order valence-electron chi connectivity index (χ0n) is 10.5. The van der Waals surface area contributed by atoms with E-state index in [4.69, 9.17) is 0 Å². The summed E-state index contributed by atoms with van der Waals surface area (Å²) in [6.07, 6.45) is 4.04. The van der Waals surface area contributed by atoms with E-state index in [1.54, 1.807) is 0 Å². The van der Waals surface area contributed by atoms with Crippen LogP contribution >= 0.6 is 0 Å². The zero-order valence-corrected chi connectivity index (χ0v) is 10.5. The van der Waals surface area contributed by atoms with Crippen LogP contribution in [0.2, 0.25) is 0 Å². The van der Waals surface area contributed by atoms with Gasteiger partial charge in [-0.3, -0.25) is 0 Å². The summed E-state index contributed by atoms with van der Waals surface area (Å²) in [6, 6.07) is 14.1. The Morgan fingerprint density at radius 2 is 1.84 bits per heavy atom. The van der Waals surface area contributed by atoms with Crippen LogP contribution in [0.5, 0.6) is 0 Å². The summed E-state index contributed by atoms with van der Waals surface area (Å²) < 4.78 is 3.93. The fraction of sp³-hybridized carbons (Fsp3) is 0.0667. The second-order valence-corrected chi connectivity index (χ2v) is 4.58. The number of rotatable bonds is 1. The largest absolute Gasteiger partial charge is 0.302 e. The Kier molecular flexibility index (Phi) is 2.00. The van der Waals surface area contributed by atoms with Crippen LogP contribution in [0.3, 0.4) is 0 Å². The van der Waals surface area contributed by atoms with E-state index in [1.165, 1.54) is 0 Å². The first-order valence-corrected chi connectivity index (χ1v) is 6.21. The molecule has 0 atom stereocenters. The van der Waals surface area contributed by atoms with E-state index in [0.29, 0.717) is 0 Å². The van der Waals surface area contributed by atoms with Gasteiger partial charge in [0.15, 0.2) is 5.82 Å². The molecule has 0 N–H and O–H groups in total. The number of aryl methyl sites for hydroxylation is 1. The quantitative estimate of drug-likeness (QED) is 0.519. The van der Waals surface area contributed by atoms with Gasteiger partial charge in [0, 0.05) is 17.8 Å². The van der Waals surface area contributed by atoms with Crippen molar-refractivity contribution in [3.8, 4) is 5.82 Å². The molecule has 4 nitrogen and oxygen atoms in total. The van der Waals surface area contributed by atoms with E-state index < -0.39 is 0 Å². The van der Waals surface area contributed by atoms with Gasteiger partial charge < -0.3 is 4.40 Å². The highest BCUT2D eigenvalue weighted by atomic mass is 15.3. The van der Waals surface area contributed by atoms with Crippen LogP contribution in [-0.2, 0) is 0 Å². The maximum absolute atomic E-state index is 4.64. The number of hydrogen-bond acceptors (Lipinski definition) is 2. The van der Waals surface area contributed by atoms with Crippen molar-refractivity contribution in [1.82, 2.24) is 19.2 Å². The second-order valence-electron chi connectivity index (χ2n) is 4.58. The van der Waals surface area contributed by atoms with Crippen molar-refractivity contribution in [2.45, 2.75) is 6.92 Å². The summed E-state index contributed by atoms with van der Waals surface area (Å²) in [4.78, 5) is 4.64. The van der Waals surface area contributed by atoms with E-state index in [0.717, 1.165) is 28.1 Å².